The number of unbranched alkanes of at least 4 members (excludes halogenated alkanes) is 1. The number of nitrogens with zero attached hydrogens (tertiary/aromatic N) is 3. The predicted molar refractivity (Wildman–Crippen MR) is 81.8 cm³/mol. The van der Waals surface area contributed by atoms with E-state index in [1.165, 1.54) is 0 Å². The molecule has 1 aromatic heterocycles. The first-order valence-corrected chi connectivity index (χ1v) is 7.96. The van der Waals surface area contributed by atoms with E-state index >= 15 is 0 Å². The highest BCUT2D eigenvalue weighted by Crippen LogP contribution is 2.32. The molecule has 0 saturated carbocycles. The minimum atomic E-state index is 0.118. The molecule has 1 fully saturated rings. The first-order valence-electron chi connectivity index (χ1n) is 7.96. The van der Waals surface area contributed by atoms with Gasteiger partial charge in [0.25, 0.3) is 0 Å². The molecule has 0 spiro atoms. The van der Waals surface area contributed by atoms with Gasteiger partial charge in [-0.25, -0.2) is 9.78 Å². The number of aromatic nitrogens is 2. The zero-order valence-corrected chi connectivity index (χ0v) is 12.4. The summed E-state index contributed by atoms with van der Waals surface area (Å²) < 4.78 is 2.07. The number of urea groups is 1. The van der Waals surface area contributed by atoms with Crippen molar-refractivity contribution in [3.8, 4) is 0 Å². The summed E-state index contributed by atoms with van der Waals surface area (Å²) in [6.45, 7) is 3.58. The normalized spacial score (nSPS) is 24.1. The molecule has 2 atom stereocenters. The molecule has 5 heteroatoms. The Morgan fingerprint density at radius 1 is 1.19 bits per heavy atom. The lowest BCUT2D eigenvalue weighted by molar-refractivity contribution is 0.206. The van der Waals surface area contributed by atoms with E-state index in [1.807, 2.05) is 17.4 Å². The molecule has 2 heterocycles. The van der Waals surface area contributed by atoms with Gasteiger partial charge in [0.05, 0.1) is 6.33 Å². The van der Waals surface area contributed by atoms with Crippen LogP contribution in [0.3, 0.4) is 0 Å². The average Bonchev–Trinajstić information content (AvgIpc) is 3.15. The zero-order chi connectivity index (χ0) is 14.5. The van der Waals surface area contributed by atoms with Crippen molar-refractivity contribution in [2.75, 3.05) is 19.6 Å². The molecule has 1 N–H and O–H groups in total. The second-order valence-electron chi connectivity index (χ2n) is 6.11. The van der Waals surface area contributed by atoms with E-state index in [2.05, 4.69) is 27.0 Å². The molecule has 5 nitrogen and oxygen atoms in total. The fourth-order valence-electron chi connectivity index (χ4n) is 3.33. The van der Waals surface area contributed by atoms with Gasteiger partial charge in [-0.2, -0.15) is 0 Å². The topological polar surface area (TPSA) is 50.2 Å². The standard InChI is InChI=1S/C16H24N4O/c21-16(18-7-3-4-9-19-10-8-17-13-19)20-11-14-5-1-2-6-15(14)12-20/h1-2,8,10,13-15H,3-7,9,11-12H2,(H,18,21)/t14-,15-/m0/s1. The highest BCUT2D eigenvalue weighted by atomic mass is 16.2. The summed E-state index contributed by atoms with van der Waals surface area (Å²) in [4.78, 5) is 18.2. The minimum Gasteiger partial charge on any atom is -0.338 e. The molecular weight excluding hydrogens is 264 g/mol. The van der Waals surface area contributed by atoms with Crippen molar-refractivity contribution in [3.05, 3.63) is 30.9 Å². The molecule has 0 radical (unpaired) electrons. The third-order valence-electron chi connectivity index (χ3n) is 4.59. The Balaban J connectivity index is 1.32. The quantitative estimate of drug-likeness (QED) is 0.667. The summed E-state index contributed by atoms with van der Waals surface area (Å²) in [7, 11) is 0. The van der Waals surface area contributed by atoms with Gasteiger partial charge in [0, 0.05) is 38.6 Å². The third-order valence-corrected chi connectivity index (χ3v) is 4.59. The van der Waals surface area contributed by atoms with Gasteiger partial charge in [-0.15, -0.1) is 0 Å². The Morgan fingerprint density at radius 2 is 1.95 bits per heavy atom. The number of carbonyl (C=O) groups is 1. The maximum atomic E-state index is 12.2. The third kappa shape index (κ3) is 3.65. The van der Waals surface area contributed by atoms with Crippen molar-refractivity contribution in [2.24, 2.45) is 11.8 Å². The molecule has 0 bridgehead atoms. The lowest BCUT2D eigenvalue weighted by atomic mass is 9.86. The lowest BCUT2D eigenvalue weighted by Gasteiger charge is -2.17. The molecule has 1 aliphatic carbocycles. The molecule has 114 valence electrons. The van der Waals surface area contributed by atoms with Gasteiger partial charge < -0.3 is 14.8 Å². The lowest BCUT2D eigenvalue weighted by Crippen LogP contribution is -2.39. The molecule has 1 aliphatic heterocycles. The average molecular weight is 288 g/mol. The van der Waals surface area contributed by atoms with Gasteiger partial charge >= 0.3 is 6.03 Å². The molecular formula is C16H24N4O. The summed E-state index contributed by atoms with van der Waals surface area (Å²) >= 11 is 0. The number of carbonyl (C=O) groups excluding carboxylic acids is 1. The number of nitrogens with one attached hydrogen (secondary N) is 1. The smallest absolute Gasteiger partial charge is 0.317 e. The van der Waals surface area contributed by atoms with E-state index < -0.39 is 0 Å². The van der Waals surface area contributed by atoms with E-state index in [0.29, 0.717) is 11.8 Å². The molecule has 0 unspecified atom stereocenters. The highest BCUT2D eigenvalue weighted by Gasteiger charge is 2.34. The van der Waals surface area contributed by atoms with E-state index in [4.69, 9.17) is 0 Å². The van der Waals surface area contributed by atoms with Gasteiger partial charge in [0.1, 0.15) is 0 Å². The van der Waals surface area contributed by atoms with Crippen LogP contribution < -0.4 is 5.32 Å². The van der Waals surface area contributed by atoms with Crippen LogP contribution in [0.25, 0.3) is 0 Å². The van der Waals surface area contributed by atoms with Crippen LogP contribution in [-0.2, 0) is 6.54 Å². The summed E-state index contributed by atoms with van der Waals surface area (Å²) in [6.07, 6.45) is 14.5. The number of imidazole rings is 1. The molecule has 3 rings (SSSR count). The number of aryl methyl sites for hydroxylation is 1. The largest absolute Gasteiger partial charge is 0.338 e. The summed E-state index contributed by atoms with van der Waals surface area (Å²) in [5.74, 6) is 1.36. The Labute approximate surface area is 126 Å². The maximum Gasteiger partial charge on any atom is 0.317 e. The molecule has 2 amide bonds. The van der Waals surface area contributed by atoms with Crippen molar-refractivity contribution in [1.82, 2.24) is 19.8 Å². The first kappa shape index (κ1) is 14.2. The zero-order valence-electron chi connectivity index (χ0n) is 12.4. The Kier molecular flexibility index (Phi) is 4.58. The van der Waals surface area contributed by atoms with Crippen LogP contribution in [0.4, 0.5) is 4.79 Å². The fourth-order valence-corrected chi connectivity index (χ4v) is 3.33. The van der Waals surface area contributed by atoms with Crippen molar-refractivity contribution in [2.45, 2.75) is 32.2 Å². The van der Waals surface area contributed by atoms with Gasteiger partial charge in [0.15, 0.2) is 0 Å². The first-order chi connectivity index (χ1) is 10.3. The van der Waals surface area contributed by atoms with Gasteiger partial charge in [-0.3, -0.25) is 0 Å². The van der Waals surface area contributed by atoms with E-state index in [-0.39, 0.29) is 6.03 Å². The summed E-state index contributed by atoms with van der Waals surface area (Å²) in [6, 6.07) is 0.118. The second kappa shape index (κ2) is 6.78. The molecule has 21 heavy (non-hydrogen) atoms. The van der Waals surface area contributed by atoms with Crippen LogP contribution in [-0.4, -0.2) is 40.1 Å². The van der Waals surface area contributed by atoms with Crippen LogP contribution in [0, 0.1) is 11.8 Å². The van der Waals surface area contributed by atoms with Gasteiger partial charge in [0.2, 0.25) is 0 Å². The molecule has 2 aliphatic rings. The van der Waals surface area contributed by atoms with E-state index in [0.717, 1.165) is 51.9 Å². The van der Waals surface area contributed by atoms with E-state index in [9.17, 15) is 4.79 Å². The van der Waals surface area contributed by atoms with Crippen molar-refractivity contribution < 1.29 is 4.79 Å². The molecule has 1 saturated heterocycles. The number of rotatable bonds is 5. The van der Waals surface area contributed by atoms with Crippen LogP contribution in [0.1, 0.15) is 25.7 Å². The SMILES string of the molecule is O=C(NCCCCn1ccnc1)N1C[C@@H]2CC=CC[C@H]2C1. The Morgan fingerprint density at radius 3 is 2.62 bits per heavy atom. The molecule has 0 aromatic carbocycles. The summed E-state index contributed by atoms with van der Waals surface area (Å²) in [5, 5.41) is 3.06. The van der Waals surface area contributed by atoms with Gasteiger partial charge in [-0.05, 0) is 37.5 Å². The number of fused-ring (bicyclic) bond motifs is 1. The maximum absolute atomic E-state index is 12.2. The Hall–Kier alpha value is -1.78. The number of likely N-dealkylation sites (tertiary alicyclic amines) is 1. The molecule has 1 aromatic rings. The number of allylic oxidation sites excluding steroid dienone is 2. The Bertz CT molecular complexity index is 466. The minimum absolute atomic E-state index is 0.118. The number of amides is 2. The predicted octanol–water partition coefficient (Wildman–Crippen LogP) is 2.27. The van der Waals surface area contributed by atoms with Crippen molar-refractivity contribution in [3.63, 3.8) is 0 Å². The van der Waals surface area contributed by atoms with Crippen LogP contribution in [0.2, 0.25) is 0 Å². The number of hydrogen-bond donors (Lipinski definition) is 1. The number of hydrogen-bond acceptors (Lipinski definition) is 2. The van der Waals surface area contributed by atoms with Crippen molar-refractivity contribution >= 4 is 6.03 Å². The fraction of sp³-hybridized carbons (Fsp3) is 0.625. The monoisotopic (exact) mass is 288 g/mol. The van der Waals surface area contributed by atoms with Gasteiger partial charge in [-0.1, -0.05) is 12.2 Å². The van der Waals surface area contributed by atoms with E-state index in [1.54, 1.807) is 6.20 Å². The van der Waals surface area contributed by atoms with Crippen LogP contribution >= 0.6 is 0 Å². The van der Waals surface area contributed by atoms with Crippen molar-refractivity contribution in [1.29, 1.82) is 0 Å². The van der Waals surface area contributed by atoms with Crippen LogP contribution in [0.15, 0.2) is 30.9 Å². The second-order valence-corrected chi connectivity index (χ2v) is 6.11. The summed E-state index contributed by atoms with van der Waals surface area (Å²) in [5.41, 5.74) is 0. The highest BCUT2D eigenvalue weighted by molar-refractivity contribution is 5.74. The van der Waals surface area contributed by atoms with Crippen LogP contribution in [0.5, 0.6) is 0 Å².